The van der Waals surface area contributed by atoms with E-state index >= 15 is 0 Å². The lowest BCUT2D eigenvalue weighted by molar-refractivity contribution is 0.112. The second-order valence-corrected chi connectivity index (χ2v) is 7.57. The largest absolute Gasteiger partial charge is 0.509 e. The molecule has 0 radical (unpaired) electrons. The molecule has 0 aliphatic carbocycles. The van der Waals surface area contributed by atoms with Crippen molar-refractivity contribution in [3.8, 4) is 22.9 Å². The summed E-state index contributed by atoms with van der Waals surface area (Å²) in [5.74, 6) is 0.910. The normalized spacial score (nSPS) is 11.7. The number of nitrogens with zero attached hydrogens (tertiary/aromatic N) is 2. The molecule has 0 aliphatic heterocycles. The molecule has 0 saturated carbocycles. The fourth-order valence-corrected chi connectivity index (χ4v) is 2.00. The van der Waals surface area contributed by atoms with Gasteiger partial charge in [0.2, 0.25) is 0 Å². The second kappa shape index (κ2) is 6.83. The van der Waals surface area contributed by atoms with E-state index in [4.69, 9.17) is 9.47 Å². The first-order chi connectivity index (χ1) is 11.1. The number of ether oxygens (including phenoxy) is 2. The average Bonchev–Trinajstić information content (AvgIpc) is 2.46. The Morgan fingerprint density at radius 1 is 0.875 bits per heavy atom. The van der Waals surface area contributed by atoms with Crippen molar-refractivity contribution in [3.63, 3.8) is 0 Å². The van der Waals surface area contributed by atoms with Crippen LogP contribution in [0.4, 0.5) is 0 Å². The molecule has 2 rings (SSSR count). The molecule has 2 aromatic rings. The van der Waals surface area contributed by atoms with Crippen molar-refractivity contribution in [2.24, 2.45) is 0 Å². The van der Waals surface area contributed by atoms with Gasteiger partial charge in [0.05, 0.1) is 5.69 Å². The van der Waals surface area contributed by atoms with Crippen molar-refractivity contribution < 1.29 is 14.3 Å². The number of hydrogen-bond acceptors (Lipinski definition) is 5. The van der Waals surface area contributed by atoms with Gasteiger partial charge in [0.15, 0.2) is 5.75 Å². The summed E-state index contributed by atoms with van der Waals surface area (Å²) in [7, 11) is 11.7. The van der Waals surface area contributed by atoms with E-state index in [1.807, 2.05) is 65.3 Å². The Balaban J connectivity index is 2.43. The smallest absolute Gasteiger partial charge is 0.274 e. The summed E-state index contributed by atoms with van der Waals surface area (Å²) in [5.41, 5.74) is 2.13. The van der Waals surface area contributed by atoms with Gasteiger partial charge in [0, 0.05) is 27.8 Å². The molecule has 0 spiro atoms. The highest BCUT2D eigenvalue weighted by Gasteiger charge is 2.22. The highest BCUT2D eigenvalue weighted by Crippen LogP contribution is 2.31. The number of benzene rings is 1. The minimum Gasteiger partial charge on any atom is -0.509 e. The molecule has 11 heteroatoms. The minimum atomic E-state index is -0.405. The monoisotopic (exact) mass is 316 g/mol. The van der Waals surface area contributed by atoms with Crippen LogP contribution in [-0.2, 0) is 0 Å². The summed E-state index contributed by atoms with van der Waals surface area (Å²) in [5, 5.41) is 7.64. The summed E-state index contributed by atoms with van der Waals surface area (Å²) in [6, 6.07) is 8.97. The first-order valence-corrected chi connectivity index (χ1v) is 7.89. The summed E-state index contributed by atoms with van der Waals surface area (Å²) >= 11 is 0. The second-order valence-electron chi connectivity index (χ2n) is 7.57. The van der Waals surface area contributed by atoms with E-state index in [0.29, 0.717) is 22.9 Å². The maximum Gasteiger partial charge on any atom is 0.274 e. The molecule has 1 aromatic heterocycles. The van der Waals surface area contributed by atoms with Crippen molar-refractivity contribution in [1.82, 2.24) is 10.2 Å². The fourth-order valence-electron chi connectivity index (χ4n) is 2.00. The van der Waals surface area contributed by atoms with Gasteiger partial charge in [0.25, 0.3) is 5.88 Å². The standard InChI is InChI=1S/C13H18B6N2O3/c14-12(15,16)23-10-5-9(8-3-1-7(6-22)2-4-8)20-21-11(10)24-13(17,18)19/h1-6H,14-19H2. The van der Waals surface area contributed by atoms with Crippen molar-refractivity contribution in [3.05, 3.63) is 35.9 Å². The molecule has 0 amide bonds. The van der Waals surface area contributed by atoms with Crippen molar-refractivity contribution in [2.75, 3.05) is 0 Å². The summed E-state index contributed by atoms with van der Waals surface area (Å²) in [4.78, 5) is 10.8. The van der Waals surface area contributed by atoms with Gasteiger partial charge in [-0.1, -0.05) is 24.3 Å². The Labute approximate surface area is 147 Å². The Kier molecular flexibility index (Phi) is 5.21. The van der Waals surface area contributed by atoms with Crippen LogP contribution in [0.2, 0.25) is 0 Å². The van der Waals surface area contributed by atoms with Gasteiger partial charge in [0.1, 0.15) is 53.4 Å². The van der Waals surface area contributed by atoms with Crippen LogP contribution in [0.1, 0.15) is 10.4 Å². The predicted molar refractivity (Wildman–Crippen MR) is 111 cm³/mol. The molecule has 0 unspecified atom stereocenters. The number of hydrogen-bond donors (Lipinski definition) is 0. The zero-order chi connectivity index (χ0) is 18.0. The van der Waals surface area contributed by atoms with E-state index in [1.54, 1.807) is 12.1 Å². The number of aromatic nitrogens is 2. The zero-order valence-corrected chi connectivity index (χ0v) is 15.1. The molecule has 0 bridgehead atoms. The van der Waals surface area contributed by atoms with Gasteiger partial charge < -0.3 is 9.47 Å². The molecule has 1 heterocycles. The molecule has 0 saturated heterocycles. The first kappa shape index (κ1) is 18.3. The molecule has 1 aromatic carbocycles. The lowest BCUT2D eigenvalue weighted by Gasteiger charge is -2.26. The topological polar surface area (TPSA) is 61.3 Å². The summed E-state index contributed by atoms with van der Waals surface area (Å²) in [6.45, 7) is 0. The van der Waals surface area contributed by atoms with Crippen LogP contribution >= 0.6 is 0 Å². The molecule has 0 N–H and O–H groups in total. The minimum absolute atomic E-state index is 0.366. The quantitative estimate of drug-likeness (QED) is 0.399. The SMILES string of the molecule is BC(B)(B)Oc1cc(-c2ccc(C=O)cc2)nnc1OC(B)(B)B. The van der Waals surface area contributed by atoms with E-state index < -0.39 is 10.6 Å². The van der Waals surface area contributed by atoms with Gasteiger partial charge in [-0.3, -0.25) is 4.79 Å². The van der Waals surface area contributed by atoms with E-state index in [9.17, 15) is 4.79 Å². The van der Waals surface area contributed by atoms with Crippen LogP contribution in [0.25, 0.3) is 11.3 Å². The van der Waals surface area contributed by atoms with E-state index in [2.05, 4.69) is 10.2 Å². The summed E-state index contributed by atoms with van der Waals surface area (Å²) < 4.78 is 11.9. The molecule has 24 heavy (non-hydrogen) atoms. The van der Waals surface area contributed by atoms with Gasteiger partial charge in [-0.05, 0) is 0 Å². The molecular formula is C13H18B6N2O3. The van der Waals surface area contributed by atoms with Gasteiger partial charge >= 0.3 is 0 Å². The van der Waals surface area contributed by atoms with Gasteiger partial charge in [-0.25, -0.2) is 0 Å². The molecule has 116 valence electrons. The van der Waals surface area contributed by atoms with Crippen LogP contribution < -0.4 is 9.47 Å². The third-order valence-corrected chi connectivity index (χ3v) is 2.89. The van der Waals surface area contributed by atoms with Crippen molar-refractivity contribution in [2.45, 2.75) is 10.6 Å². The Bertz CT molecular complexity index is 728. The Morgan fingerprint density at radius 2 is 1.46 bits per heavy atom. The van der Waals surface area contributed by atoms with Crippen LogP contribution in [0.5, 0.6) is 11.6 Å². The molecule has 0 fully saturated rings. The van der Waals surface area contributed by atoms with E-state index in [1.165, 1.54) is 0 Å². The van der Waals surface area contributed by atoms with Crippen LogP contribution in [0.3, 0.4) is 0 Å². The number of carbonyl (C=O) groups excluding carboxylic acids is 1. The lowest BCUT2D eigenvalue weighted by Crippen LogP contribution is -2.40. The maximum absolute atomic E-state index is 10.8. The zero-order valence-electron chi connectivity index (χ0n) is 15.1. The predicted octanol–water partition coefficient (Wildman–Crippen LogP) is -4.27. The van der Waals surface area contributed by atoms with E-state index in [-0.39, 0.29) is 0 Å². The number of rotatable bonds is 6. The lowest BCUT2D eigenvalue weighted by atomic mass is 9.52. The number of aldehydes is 1. The molecule has 0 aliphatic rings. The maximum atomic E-state index is 10.8. The molecular weight excluding hydrogens is 297 g/mol. The Morgan fingerprint density at radius 3 is 1.96 bits per heavy atom. The number of carbonyl (C=O) groups is 1. The fraction of sp³-hybridized carbons (Fsp3) is 0.154. The van der Waals surface area contributed by atoms with Gasteiger partial charge in [-0.15, -0.1) is 10.2 Å². The summed E-state index contributed by atoms with van der Waals surface area (Å²) in [6.07, 6.45) is 0.809. The van der Waals surface area contributed by atoms with Crippen LogP contribution in [0.15, 0.2) is 30.3 Å². The molecule has 0 atom stereocenters. The molecule has 5 nitrogen and oxygen atoms in total. The third-order valence-electron chi connectivity index (χ3n) is 2.89. The average molecular weight is 315 g/mol. The van der Waals surface area contributed by atoms with Crippen molar-refractivity contribution >= 4 is 53.4 Å². The highest BCUT2D eigenvalue weighted by molar-refractivity contribution is 6.59. The van der Waals surface area contributed by atoms with Crippen LogP contribution in [-0.4, -0.2) is 74.2 Å². The Hall–Kier alpha value is -2.04. The van der Waals surface area contributed by atoms with Gasteiger partial charge in [-0.2, -0.15) is 0 Å². The third kappa shape index (κ3) is 5.25. The van der Waals surface area contributed by atoms with Crippen molar-refractivity contribution in [1.29, 1.82) is 0 Å². The van der Waals surface area contributed by atoms with Crippen LogP contribution in [0, 0.1) is 0 Å². The first-order valence-electron chi connectivity index (χ1n) is 7.89. The highest BCUT2D eigenvalue weighted by atomic mass is 16.5. The van der Waals surface area contributed by atoms with E-state index in [0.717, 1.165) is 11.8 Å².